The molecule has 0 spiro atoms. The van der Waals surface area contributed by atoms with Crippen LogP contribution in [0.25, 0.3) is 0 Å². The summed E-state index contributed by atoms with van der Waals surface area (Å²) in [7, 11) is 1.54. The predicted octanol–water partition coefficient (Wildman–Crippen LogP) is 3.64. The van der Waals surface area contributed by atoms with Gasteiger partial charge in [0.15, 0.2) is 0 Å². The summed E-state index contributed by atoms with van der Waals surface area (Å²) in [5.74, 6) is 0.654. The van der Waals surface area contributed by atoms with Crippen molar-refractivity contribution in [3.8, 4) is 5.75 Å². The van der Waals surface area contributed by atoms with Crippen LogP contribution in [0.5, 0.6) is 5.75 Å². The lowest BCUT2D eigenvalue weighted by Crippen LogP contribution is -2.12. The van der Waals surface area contributed by atoms with Gasteiger partial charge in [-0.1, -0.05) is 22.8 Å². The molecule has 0 fully saturated rings. The van der Waals surface area contributed by atoms with Crippen LogP contribution in [-0.4, -0.2) is 23.2 Å². The fraction of sp³-hybridized carbons (Fsp3) is 0.133. The second kappa shape index (κ2) is 6.80. The molecule has 23 heavy (non-hydrogen) atoms. The van der Waals surface area contributed by atoms with Gasteiger partial charge in [-0.05, 0) is 30.3 Å². The van der Waals surface area contributed by atoms with E-state index in [1.807, 2.05) is 12.1 Å². The fourth-order valence-electron chi connectivity index (χ4n) is 1.90. The van der Waals surface area contributed by atoms with E-state index in [-0.39, 0.29) is 11.9 Å². The molecule has 0 bridgehead atoms. The fourth-order valence-corrected chi connectivity index (χ4v) is 2.98. The SMILES string of the molecule is COc1cccc(C(=O)Nc2nnc(Cc3ccc(Cl)s3)o2)c1. The van der Waals surface area contributed by atoms with Crippen LogP contribution < -0.4 is 10.1 Å². The van der Waals surface area contributed by atoms with E-state index < -0.39 is 0 Å². The van der Waals surface area contributed by atoms with Gasteiger partial charge in [0.05, 0.1) is 17.9 Å². The number of aromatic nitrogens is 2. The summed E-state index contributed by atoms with van der Waals surface area (Å²) in [5.41, 5.74) is 0.439. The molecule has 0 unspecified atom stereocenters. The number of carbonyl (C=O) groups is 1. The van der Waals surface area contributed by atoms with E-state index in [0.29, 0.717) is 28.0 Å². The predicted molar refractivity (Wildman–Crippen MR) is 87.4 cm³/mol. The Morgan fingerprint density at radius 1 is 1.35 bits per heavy atom. The number of amides is 1. The van der Waals surface area contributed by atoms with Gasteiger partial charge < -0.3 is 9.15 Å². The van der Waals surface area contributed by atoms with Crippen LogP contribution in [0.2, 0.25) is 4.34 Å². The number of hydrogen-bond donors (Lipinski definition) is 1. The number of methoxy groups -OCH3 is 1. The van der Waals surface area contributed by atoms with E-state index in [4.69, 9.17) is 20.8 Å². The molecule has 0 radical (unpaired) electrons. The second-order valence-corrected chi connectivity index (χ2v) is 6.37. The molecule has 0 atom stereocenters. The normalized spacial score (nSPS) is 10.5. The minimum absolute atomic E-state index is 0.0514. The van der Waals surface area contributed by atoms with E-state index in [2.05, 4.69) is 15.5 Å². The van der Waals surface area contributed by atoms with Crippen molar-refractivity contribution >= 4 is 34.9 Å². The summed E-state index contributed by atoms with van der Waals surface area (Å²) in [6.07, 6.45) is 0.472. The van der Waals surface area contributed by atoms with E-state index in [1.54, 1.807) is 24.3 Å². The molecule has 0 saturated carbocycles. The van der Waals surface area contributed by atoms with Crippen LogP contribution in [0.3, 0.4) is 0 Å². The number of anilines is 1. The highest BCUT2D eigenvalue weighted by Gasteiger charge is 2.13. The van der Waals surface area contributed by atoms with Gasteiger partial charge in [0.1, 0.15) is 5.75 Å². The Morgan fingerprint density at radius 3 is 2.96 bits per heavy atom. The Hall–Kier alpha value is -2.38. The van der Waals surface area contributed by atoms with Crippen molar-refractivity contribution in [2.75, 3.05) is 12.4 Å². The molecular formula is C15H12ClN3O3S. The van der Waals surface area contributed by atoms with Gasteiger partial charge in [0, 0.05) is 10.4 Å². The van der Waals surface area contributed by atoms with Crippen LogP contribution in [0.4, 0.5) is 6.01 Å². The van der Waals surface area contributed by atoms with E-state index in [0.717, 1.165) is 4.88 Å². The zero-order valence-electron chi connectivity index (χ0n) is 12.1. The van der Waals surface area contributed by atoms with E-state index in [9.17, 15) is 4.79 Å². The Labute approximate surface area is 141 Å². The van der Waals surface area contributed by atoms with Crippen molar-refractivity contribution in [2.24, 2.45) is 0 Å². The maximum Gasteiger partial charge on any atom is 0.322 e. The molecule has 2 aromatic heterocycles. The number of ether oxygens (including phenoxy) is 1. The number of thiophene rings is 1. The molecule has 6 nitrogen and oxygen atoms in total. The maximum atomic E-state index is 12.1. The number of nitrogens with zero attached hydrogens (tertiary/aromatic N) is 2. The van der Waals surface area contributed by atoms with Crippen molar-refractivity contribution in [3.63, 3.8) is 0 Å². The lowest BCUT2D eigenvalue weighted by Gasteiger charge is -2.03. The maximum absolute atomic E-state index is 12.1. The number of nitrogens with one attached hydrogen (secondary N) is 1. The Morgan fingerprint density at radius 2 is 2.22 bits per heavy atom. The van der Waals surface area contributed by atoms with Gasteiger partial charge in [-0.3, -0.25) is 10.1 Å². The number of halogens is 1. The van der Waals surface area contributed by atoms with Crippen molar-refractivity contribution in [2.45, 2.75) is 6.42 Å². The first kappa shape index (κ1) is 15.5. The molecule has 3 rings (SSSR count). The summed E-state index contributed by atoms with van der Waals surface area (Å²) in [6, 6.07) is 10.5. The van der Waals surface area contributed by atoms with E-state index >= 15 is 0 Å². The molecule has 3 aromatic rings. The average molecular weight is 350 g/mol. The number of carbonyl (C=O) groups excluding carboxylic acids is 1. The largest absolute Gasteiger partial charge is 0.497 e. The summed E-state index contributed by atoms with van der Waals surface area (Å²) < 4.78 is 11.2. The third-order valence-electron chi connectivity index (χ3n) is 2.97. The molecule has 0 aliphatic rings. The Balaban J connectivity index is 1.67. The highest BCUT2D eigenvalue weighted by Crippen LogP contribution is 2.24. The Bertz CT molecular complexity index is 831. The molecule has 0 aliphatic heterocycles. The van der Waals surface area contributed by atoms with Crippen LogP contribution in [0.15, 0.2) is 40.8 Å². The van der Waals surface area contributed by atoms with Crippen LogP contribution in [-0.2, 0) is 6.42 Å². The average Bonchev–Trinajstić information content (AvgIpc) is 3.16. The summed E-state index contributed by atoms with van der Waals surface area (Å²) in [6.45, 7) is 0. The van der Waals surface area contributed by atoms with Gasteiger partial charge in [0.2, 0.25) is 5.89 Å². The zero-order chi connectivity index (χ0) is 16.2. The monoisotopic (exact) mass is 349 g/mol. The van der Waals surface area contributed by atoms with Crippen molar-refractivity contribution < 1.29 is 13.9 Å². The van der Waals surface area contributed by atoms with Gasteiger partial charge in [-0.25, -0.2) is 0 Å². The van der Waals surface area contributed by atoms with Gasteiger partial charge in [-0.15, -0.1) is 16.4 Å². The molecule has 1 N–H and O–H groups in total. The van der Waals surface area contributed by atoms with Crippen LogP contribution in [0, 0.1) is 0 Å². The molecular weight excluding hydrogens is 338 g/mol. The van der Waals surface area contributed by atoms with Crippen molar-refractivity contribution in [1.29, 1.82) is 0 Å². The molecule has 1 aromatic carbocycles. The number of rotatable bonds is 5. The lowest BCUT2D eigenvalue weighted by molar-refractivity contribution is 0.102. The molecule has 8 heteroatoms. The van der Waals surface area contributed by atoms with Crippen LogP contribution >= 0.6 is 22.9 Å². The first-order valence-electron chi connectivity index (χ1n) is 6.66. The lowest BCUT2D eigenvalue weighted by atomic mass is 10.2. The van der Waals surface area contributed by atoms with E-state index in [1.165, 1.54) is 18.4 Å². The van der Waals surface area contributed by atoms with Crippen molar-refractivity contribution in [3.05, 3.63) is 57.1 Å². The molecule has 0 saturated heterocycles. The molecule has 1 amide bonds. The topological polar surface area (TPSA) is 77.2 Å². The number of benzene rings is 1. The minimum atomic E-state index is -0.349. The molecule has 0 aliphatic carbocycles. The second-order valence-electron chi connectivity index (χ2n) is 4.57. The summed E-state index contributed by atoms with van der Waals surface area (Å²) in [4.78, 5) is 13.1. The third-order valence-corrected chi connectivity index (χ3v) is 4.20. The smallest absolute Gasteiger partial charge is 0.322 e. The third kappa shape index (κ3) is 3.88. The van der Waals surface area contributed by atoms with Gasteiger partial charge in [-0.2, -0.15) is 0 Å². The number of hydrogen-bond acceptors (Lipinski definition) is 6. The highest BCUT2D eigenvalue weighted by atomic mass is 35.5. The standard InChI is InChI=1S/C15H12ClN3O3S/c1-21-10-4-2-3-9(7-10)14(20)17-15-19-18-13(22-15)8-11-5-6-12(16)23-11/h2-7H,8H2,1H3,(H,17,19,20). The molecule has 2 heterocycles. The Kier molecular flexibility index (Phi) is 4.59. The summed E-state index contributed by atoms with van der Waals surface area (Å²) >= 11 is 7.32. The summed E-state index contributed by atoms with van der Waals surface area (Å²) in [5, 5.41) is 10.3. The first-order chi connectivity index (χ1) is 11.1. The minimum Gasteiger partial charge on any atom is -0.497 e. The van der Waals surface area contributed by atoms with Crippen molar-refractivity contribution in [1.82, 2.24) is 10.2 Å². The molecule has 118 valence electrons. The van der Waals surface area contributed by atoms with Gasteiger partial charge in [0.25, 0.3) is 5.91 Å². The first-order valence-corrected chi connectivity index (χ1v) is 7.85. The highest BCUT2D eigenvalue weighted by molar-refractivity contribution is 7.16. The van der Waals surface area contributed by atoms with Crippen LogP contribution in [0.1, 0.15) is 21.1 Å². The quantitative estimate of drug-likeness (QED) is 0.761. The zero-order valence-corrected chi connectivity index (χ0v) is 13.6. The van der Waals surface area contributed by atoms with Gasteiger partial charge >= 0.3 is 6.01 Å².